The van der Waals surface area contributed by atoms with Crippen molar-refractivity contribution in [3.05, 3.63) is 90.5 Å². The molecule has 2 aliphatic rings. The fourth-order valence-electron chi connectivity index (χ4n) is 3.43. The second-order valence-corrected chi connectivity index (χ2v) is 12.9. The molecule has 0 spiro atoms. The van der Waals surface area contributed by atoms with Crippen molar-refractivity contribution in [2.45, 2.75) is 31.8 Å². The van der Waals surface area contributed by atoms with Crippen molar-refractivity contribution < 1.29 is 0 Å². The Bertz CT molecular complexity index is 957. The van der Waals surface area contributed by atoms with Crippen LogP contribution in [0, 0.1) is 0 Å². The summed E-state index contributed by atoms with van der Waals surface area (Å²) in [5.74, 6) is 0. The number of hydrogen-bond donors (Lipinski definition) is 0. The smallest absolute Gasteiger partial charge is 0.265 e. The zero-order valence-corrected chi connectivity index (χ0v) is 18.4. The lowest BCUT2D eigenvalue weighted by Crippen LogP contribution is -2.10. The van der Waals surface area contributed by atoms with E-state index in [1.807, 2.05) is 23.5 Å². The number of benzene rings is 2. The molecule has 0 saturated carbocycles. The summed E-state index contributed by atoms with van der Waals surface area (Å²) >= 11 is 8.54. The van der Waals surface area contributed by atoms with Gasteiger partial charge in [-0.15, -0.1) is 11.8 Å². The summed E-state index contributed by atoms with van der Waals surface area (Å²) in [5.41, 5.74) is 4.37. The van der Waals surface area contributed by atoms with Crippen molar-refractivity contribution in [1.82, 2.24) is 0 Å². The average molecular weight is 445 g/mol. The van der Waals surface area contributed by atoms with Gasteiger partial charge in [-0.25, -0.2) is 0 Å². The number of rotatable bonds is 2. The first-order valence-corrected chi connectivity index (χ1v) is 12.9. The van der Waals surface area contributed by atoms with E-state index in [0.29, 0.717) is 10.5 Å². The Balaban J connectivity index is 1.50. The highest BCUT2D eigenvalue weighted by Crippen LogP contribution is 2.60. The third kappa shape index (κ3) is 3.83. The molecule has 1 nitrogen and oxygen atoms in total. The van der Waals surface area contributed by atoms with Gasteiger partial charge in [0, 0.05) is 10.5 Å². The third-order valence-electron chi connectivity index (χ3n) is 4.71. The summed E-state index contributed by atoms with van der Waals surface area (Å²) in [6.45, 7) is 0. The summed E-state index contributed by atoms with van der Waals surface area (Å²) in [6.07, 6.45) is 2.19. The molecule has 6 heteroatoms. The Hall–Kier alpha value is -0.920. The Morgan fingerprint density at radius 2 is 1.19 bits per heavy atom. The van der Waals surface area contributed by atoms with E-state index in [2.05, 4.69) is 72.4 Å². The van der Waals surface area contributed by atoms with E-state index in [9.17, 15) is 4.79 Å². The SMILES string of the molecule is O=c1sc2c(s1)SC(=C1CC(c3ccccc3)SC(c3ccccc3)C1)S2. The summed E-state index contributed by atoms with van der Waals surface area (Å²) in [7, 11) is 0. The Kier molecular flexibility index (Phi) is 5.26. The summed E-state index contributed by atoms with van der Waals surface area (Å²) in [4.78, 5) is 11.7. The predicted octanol–water partition coefficient (Wildman–Crippen LogP) is 7.59. The predicted molar refractivity (Wildman–Crippen MR) is 122 cm³/mol. The van der Waals surface area contributed by atoms with E-state index in [1.54, 1.807) is 5.57 Å². The van der Waals surface area contributed by atoms with E-state index < -0.39 is 0 Å². The number of thioether (sulfide) groups is 3. The van der Waals surface area contributed by atoms with Gasteiger partial charge in [0.2, 0.25) is 0 Å². The van der Waals surface area contributed by atoms with Crippen molar-refractivity contribution in [2.75, 3.05) is 0 Å². The van der Waals surface area contributed by atoms with Crippen LogP contribution in [0.1, 0.15) is 34.5 Å². The second-order valence-electron chi connectivity index (χ2n) is 6.47. The molecule has 0 radical (unpaired) electrons. The minimum atomic E-state index is 0.215. The van der Waals surface area contributed by atoms with E-state index in [-0.39, 0.29) is 4.06 Å². The zero-order valence-electron chi connectivity index (χ0n) is 14.3. The lowest BCUT2D eigenvalue weighted by molar-refractivity contribution is 0.769. The van der Waals surface area contributed by atoms with Crippen molar-refractivity contribution in [3.8, 4) is 0 Å². The molecule has 136 valence electrons. The molecular formula is C21H16OS5. The molecular weight excluding hydrogens is 429 g/mol. The first-order valence-electron chi connectivity index (χ1n) is 8.73. The van der Waals surface area contributed by atoms with Crippen LogP contribution in [0.4, 0.5) is 0 Å². The molecule has 1 aromatic heterocycles. The van der Waals surface area contributed by atoms with Gasteiger partial charge in [-0.3, -0.25) is 4.79 Å². The minimum Gasteiger partial charge on any atom is -0.265 e. The first kappa shape index (κ1) is 18.1. The van der Waals surface area contributed by atoms with Crippen LogP contribution in [0.15, 0.2) is 83.7 Å². The fraction of sp³-hybridized carbons (Fsp3) is 0.190. The molecule has 0 bridgehead atoms. The van der Waals surface area contributed by atoms with Gasteiger partial charge in [0.25, 0.3) is 4.06 Å². The molecule has 0 amide bonds. The van der Waals surface area contributed by atoms with Gasteiger partial charge in [-0.05, 0) is 29.5 Å². The van der Waals surface area contributed by atoms with Crippen LogP contribution in [0.5, 0.6) is 0 Å². The second kappa shape index (κ2) is 7.84. The molecule has 1 saturated heterocycles. The summed E-state index contributed by atoms with van der Waals surface area (Å²) < 4.78 is 4.02. The highest BCUT2D eigenvalue weighted by Gasteiger charge is 2.32. The molecule has 2 unspecified atom stereocenters. The molecule has 27 heavy (non-hydrogen) atoms. The van der Waals surface area contributed by atoms with Crippen LogP contribution in [-0.4, -0.2) is 0 Å². The highest BCUT2D eigenvalue weighted by molar-refractivity contribution is 8.26. The largest absolute Gasteiger partial charge is 0.289 e. The molecule has 2 aliphatic heterocycles. The van der Waals surface area contributed by atoms with E-state index in [0.717, 1.165) is 12.8 Å². The topological polar surface area (TPSA) is 17.1 Å². The molecule has 1 fully saturated rings. The van der Waals surface area contributed by atoms with Gasteiger partial charge >= 0.3 is 0 Å². The zero-order chi connectivity index (χ0) is 18.2. The lowest BCUT2D eigenvalue weighted by Gasteiger charge is -2.32. The van der Waals surface area contributed by atoms with E-state index in [4.69, 9.17) is 0 Å². The van der Waals surface area contributed by atoms with Crippen molar-refractivity contribution in [3.63, 3.8) is 0 Å². The van der Waals surface area contributed by atoms with Crippen LogP contribution < -0.4 is 4.06 Å². The van der Waals surface area contributed by atoms with Crippen molar-refractivity contribution in [1.29, 1.82) is 0 Å². The molecule has 5 rings (SSSR count). The minimum absolute atomic E-state index is 0.215. The van der Waals surface area contributed by atoms with Crippen LogP contribution in [0.2, 0.25) is 0 Å². The van der Waals surface area contributed by atoms with Crippen molar-refractivity contribution in [2.24, 2.45) is 0 Å². The molecule has 0 aliphatic carbocycles. The number of hydrogen-bond acceptors (Lipinski definition) is 6. The quantitative estimate of drug-likeness (QED) is 0.405. The normalized spacial score (nSPS) is 22.1. The van der Waals surface area contributed by atoms with Gasteiger partial charge in [0.05, 0.1) is 12.7 Å². The third-order valence-corrected chi connectivity index (χ3v) is 11.6. The van der Waals surface area contributed by atoms with Gasteiger partial charge in [-0.1, -0.05) is 107 Å². The molecule has 2 atom stereocenters. The van der Waals surface area contributed by atoms with Gasteiger partial charge in [0.1, 0.15) is 0 Å². The Labute approximate surface area is 179 Å². The van der Waals surface area contributed by atoms with Crippen LogP contribution >= 0.6 is 58.0 Å². The van der Waals surface area contributed by atoms with Gasteiger partial charge in [0.15, 0.2) is 0 Å². The number of allylic oxidation sites excluding steroid dienone is 1. The molecule has 2 aromatic carbocycles. The van der Waals surface area contributed by atoms with Crippen LogP contribution in [0.25, 0.3) is 0 Å². The molecule has 0 N–H and O–H groups in total. The standard InChI is InChI=1S/C21H16OS5/c22-21-26-19-20(27-21)25-18(24-19)15-11-16(13-7-3-1-4-8-13)23-17(12-15)14-9-5-2-6-10-14/h1-10,16-17H,11-12H2. The van der Waals surface area contributed by atoms with Crippen LogP contribution in [0.3, 0.4) is 0 Å². The summed E-state index contributed by atoms with van der Waals surface area (Å²) in [5, 5.41) is 0.956. The molecule has 3 heterocycles. The van der Waals surface area contributed by atoms with Gasteiger partial charge < -0.3 is 0 Å². The van der Waals surface area contributed by atoms with E-state index >= 15 is 0 Å². The maximum atomic E-state index is 11.7. The lowest BCUT2D eigenvalue weighted by atomic mass is 9.98. The monoisotopic (exact) mass is 444 g/mol. The Morgan fingerprint density at radius 1 is 0.704 bits per heavy atom. The average Bonchev–Trinajstić information content (AvgIpc) is 3.26. The van der Waals surface area contributed by atoms with Crippen molar-refractivity contribution >= 4 is 58.0 Å². The molecule has 3 aromatic rings. The highest BCUT2D eigenvalue weighted by atomic mass is 32.2. The van der Waals surface area contributed by atoms with Gasteiger partial charge in [-0.2, -0.15) is 0 Å². The maximum absolute atomic E-state index is 11.7. The number of fused-ring (bicyclic) bond motifs is 1. The first-order chi connectivity index (χ1) is 13.3. The Morgan fingerprint density at radius 3 is 1.67 bits per heavy atom. The van der Waals surface area contributed by atoms with E-state index in [1.165, 1.54) is 46.5 Å². The van der Waals surface area contributed by atoms with Crippen LogP contribution in [-0.2, 0) is 0 Å². The maximum Gasteiger partial charge on any atom is 0.289 e. The fourth-order valence-corrected chi connectivity index (χ4v) is 10.9. The summed E-state index contributed by atoms with van der Waals surface area (Å²) in [6, 6.07) is 21.8.